The third-order valence-electron chi connectivity index (χ3n) is 4.11. The molecule has 0 amide bonds. The highest BCUT2D eigenvalue weighted by Gasteiger charge is 2.14. The molecular weight excluding hydrogens is 310 g/mol. The first-order valence-corrected chi connectivity index (χ1v) is 8.07. The van der Waals surface area contributed by atoms with Gasteiger partial charge in [-0.3, -0.25) is 4.79 Å². The van der Waals surface area contributed by atoms with Gasteiger partial charge in [0.2, 0.25) is 0 Å². The molecule has 0 saturated carbocycles. The Kier molecular flexibility index (Phi) is 5.05. The van der Waals surface area contributed by atoms with Gasteiger partial charge in [0.05, 0.1) is 6.21 Å². The van der Waals surface area contributed by atoms with Crippen LogP contribution in [0.15, 0.2) is 78.0 Å². The summed E-state index contributed by atoms with van der Waals surface area (Å²) < 4.78 is 0. The van der Waals surface area contributed by atoms with Gasteiger partial charge in [0, 0.05) is 16.7 Å². The minimum absolute atomic E-state index is 0.0270. The minimum atomic E-state index is -0.0270. The molecule has 0 radical (unpaired) electrons. The Bertz CT molecular complexity index is 897. The lowest BCUT2D eigenvalue weighted by molar-refractivity contribution is 0.103. The Morgan fingerprint density at radius 1 is 0.880 bits per heavy atom. The Balaban J connectivity index is 1.94. The standard InChI is InChI=1S/C22H19NO2/c1-16-7-6-10-20(21(16)15-23-25-2)22(24)19-13-11-18(12-14-19)17-8-4-3-5-9-17/h3-15H,1-2H3/b23-15+. The molecule has 0 aromatic heterocycles. The van der Waals surface area contributed by atoms with Crippen LogP contribution < -0.4 is 0 Å². The van der Waals surface area contributed by atoms with Crippen molar-refractivity contribution in [2.45, 2.75) is 6.92 Å². The molecule has 0 unspecified atom stereocenters. The van der Waals surface area contributed by atoms with Crippen LogP contribution in [0.25, 0.3) is 11.1 Å². The second kappa shape index (κ2) is 7.58. The maximum Gasteiger partial charge on any atom is 0.193 e. The molecule has 0 spiro atoms. The first-order valence-electron chi connectivity index (χ1n) is 8.07. The van der Waals surface area contributed by atoms with E-state index in [9.17, 15) is 4.79 Å². The van der Waals surface area contributed by atoms with E-state index in [0.717, 1.165) is 22.3 Å². The Morgan fingerprint density at radius 3 is 2.24 bits per heavy atom. The van der Waals surface area contributed by atoms with E-state index < -0.39 is 0 Å². The number of aryl methyl sites for hydroxylation is 1. The average Bonchev–Trinajstić information content (AvgIpc) is 2.67. The lowest BCUT2D eigenvalue weighted by Gasteiger charge is -2.09. The summed E-state index contributed by atoms with van der Waals surface area (Å²) in [5.74, 6) is -0.0270. The van der Waals surface area contributed by atoms with Crippen LogP contribution in [0.4, 0.5) is 0 Å². The second-order valence-corrected chi connectivity index (χ2v) is 5.73. The number of rotatable bonds is 5. The number of ketones is 1. The number of hydrogen-bond acceptors (Lipinski definition) is 3. The van der Waals surface area contributed by atoms with Crippen molar-refractivity contribution < 1.29 is 9.63 Å². The fourth-order valence-electron chi connectivity index (χ4n) is 2.76. The molecule has 0 atom stereocenters. The molecule has 3 nitrogen and oxygen atoms in total. The number of hydrogen-bond donors (Lipinski definition) is 0. The summed E-state index contributed by atoms with van der Waals surface area (Å²) in [6, 6.07) is 23.4. The van der Waals surface area contributed by atoms with Crippen LogP contribution in [-0.2, 0) is 4.84 Å². The van der Waals surface area contributed by atoms with Crippen LogP contribution in [0.1, 0.15) is 27.0 Å². The van der Waals surface area contributed by atoms with Crippen molar-refractivity contribution in [3.63, 3.8) is 0 Å². The highest BCUT2D eigenvalue weighted by Crippen LogP contribution is 2.22. The van der Waals surface area contributed by atoms with Crippen LogP contribution in [0.3, 0.4) is 0 Å². The lowest BCUT2D eigenvalue weighted by atomic mass is 9.94. The van der Waals surface area contributed by atoms with Crippen molar-refractivity contribution in [3.05, 3.63) is 95.1 Å². The van der Waals surface area contributed by atoms with Gasteiger partial charge in [0.15, 0.2) is 5.78 Å². The highest BCUT2D eigenvalue weighted by molar-refractivity contribution is 6.13. The minimum Gasteiger partial charge on any atom is -0.399 e. The summed E-state index contributed by atoms with van der Waals surface area (Å²) in [4.78, 5) is 17.7. The van der Waals surface area contributed by atoms with Gasteiger partial charge in [-0.25, -0.2) is 0 Å². The van der Waals surface area contributed by atoms with Crippen LogP contribution in [0.2, 0.25) is 0 Å². The fraction of sp³-hybridized carbons (Fsp3) is 0.0909. The van der Waals surface area contributed by atoms with Crippen molar-refractivity contribution >= 4 is 12.0 Å². The van der Waals surface area contributed by atoms with E-state index in [0.29, 0.717) is 11.1 Å². The average molecular weight is 329 g/mol. The van der Waals surface area contributed by atoms with E-state index in [-0.39, 0.29) is 5.78 Å². The normalized spacial score (nSPS) is 10.8. The van der Waals surface area contributed by atoms with Crippen molar-refractivity contribution in [2.75, 3.05) is 7.11 Å². The third-order valence-corrected chi connectivity index (χ3v) is 4.11. The zero-order valence-corrected chi connectivity index (χ0v) is 14.3. The van der Waals surface area contributed by atoms with Gasteiger partial charge in [-0.2, -0.15) is 0 Å². The molecule has 0 bridgehead atoms. The van der Waals surface area contributed by atoms with E-state index >= 15 is 0 Å². The van der Waals surface area contributed by atoms with E-state index in [1.807, 2.05) is 67.6 Å². The van der Waals surface area contributed by atoms with Gasteiger partial charge in [0.25, 0.3) is 0 Å². The summed E-state index contributed by atoms with van der Waals surface area (Å²) >= 11 is 0. The number of carbonyl (C=O) groups excluding carboxylic acids is 1. The van der Waals surface area contributed by atoms with Gasteiger partial charge in [-0.1, -0.05) is 78.0 Å². The summed E-state index contributed by atoms with van der Waals surface area (Å²) in [5, 5.41) is 3.82. The van der Waals surface area contributed by atoms with Gasteiger partial charge in [0.1, 0.15) is 7.11 Å². The topological polar surface area (TPSA) is 38.7 Å². The maximum absolute atomic E-state index is 12.9. The van der Waals surface area contributed by atoms with Crippen molar-refractivity contribution in [1.29, 1.82) is 0 Å². The molecule has 0 heterocycles. The molecule has 0 aliphatic rings. The molecule has 0 N–H and O–H groups in total. The molecule has 3 aromatic rings. The molecule has 0 saturated heterocycles. The molecule has 3 rings (SSSR count). The Hall–Kier alpha value is -3.20. The van der Waals surface area contributed by atoms with Gasteiger partial charge < -0.3 is 4.84 Å². The third kappa shape index (κ3) is 3.66. The van der Waals surface area contributed by atoms with Crippen molar-refractivity contribution in [3.8, 4) is 11.1 Å². The van der Waals surface area contributed by atoms with E-state index in [2.05, 4.69) is 17.3 Å². The molecule has 0 aliphatic heterocycles. The molecule has 124 valence electrons. The molecule has 0 aliphatic carbocycles. The molecular formula is C22H19NO2. The van der Waals surface area contributed by atoms with Crippen molar-refractivity contribution in [2.24, 2.45) is 5.16 Å². The van der Waals surface area contributed by atoms with Gasteiger partial charge in [-0.15, -0.1) is 0 Å². The SMILES string of the molecule is CO/N=C/c1c(C)cccc1C(=O)c1ccc(-c2ccccc2)cc1. The van der Waals surface area contributed by atoms with Crippen molar-refractivity contribution in [1.82, 2.24) is 0 Å². The van der Waals surface area contributed by atoms with E-state index in [1.165, 1.54) is 7.11 Å². The number of nitrogens with zero attached hydrogens (tertiary/aromatic N) is 1. The monoisotopic (exact) mass is 329 g/mol. The quantitative estimate of drug-likeness (QED) is 0.380. The number of benzene rings is 3. The van der Waals surface area contributed by atoms with Gasteiger partial charge in [-0.05, 0) is 23.6 Å². The van der Waals surface area contributed by atoms with E-state index in [4.69, 9.17) is 4.84 Å². The smallest absolute Gasteiger partial charge is 0.193 e. The predicted molar refractivity (Wildman–Crippen MR) is 101 cm³/mol. The molecule has 0 fully saturated rings. The summed E-state index contributed by atoms with van der Waals surface area (Å²) in [7, 11) is 1.48. The Labute approximate surface area is 147 Å². The molecule has 3 heteroatoms. The largest absolute Gasteiger partial charge is 0.399 e. The summed E-state index contributed by atoms with van der Waals surface area (Å²) in [6.07, 6.45) is 1.58. The predicted octanol–water partition coefficient (Wildman–Crippen LogP) is 4.87. The Morgan fingerprint density at radius 2 is 1.56 bits per heavy atom. The zero-order chi connectivity index (χ0) is 17.6. The highest BCUT2D eigenvalue weighted by atomic mass is 16.6. The van der Waals surface area contributed by atoms with Crippen LogP contribution in [0, 0.1) is 6.92 Å². The zero-order valence-electron chi connectivity index (χ0n) is 14.3. The fourth-order valence-corrected chi connectivity index (χ4v) is 2.76. The lowest BCUT2D eigenvalue weighted by Crippen LogP contribution is -2.07. The van der Waals surface area contributed by atoms with Gasteiger partial charge >= 0.3 is 0 Å². The first-order chi connectivity index (χ1) is 12.2. The number of oxime groups is 1. The van der Waals surface area contributed by atoms with E-state index in [1.54, 1.807) is 6.21 Å². The first kappa shape index (κ1) is 16.7. The molecule has 3 aromatic carbocycles. The van der Waals surface area contributed by atoms with Crippen LogP contribution >= 0.6 is 0 Å². The molecule has 25 heavy (non-hydrogen) atoms. The summed E-state index contributed by atoms with van der Waals surface area (Å²) in [6.45, 7) is 1.95. The van der Waals surface area contributed by atoms with Crippen LogP contribution in [-0.4, -0.2) is 19.1 Å². The maximum atomic E-state index is 12.9. The van der Waals surface area contributed by atoms with Crippen LogP contribution in [0.5, 0.6) is 0 Å². The second-order valence-electron chi connectivity index (χ2n) is 5.73. The summed E-state index contributed by atoms with van der Waals surface area (Å²) in [5.41, 5.74) is 5.24. The number of carbonyl (C=O) groups is 1.